The van der Waals surface area contributed by atoms with Gasteiger partial charge in [0.05, 0.1) is 24.1 Å². The van der Waals surface area contributed by atoms with Gasteiger partial charge in [-0.15, -0.1) is 6.58 Å². The van der Waals surface area contributed by atoms with Crippen molar-refractivity contribution in [1.82, 2.24) is 9.97 Å². The summed E-state index contributed by atoms with van der Waals surface area (Å²) in [5.74, 6) is 1.85. The first kappa shape index (κ1) is 17.7. The highest BCUT2D eigenvalue weighted by molar-refractivity contribution is 5.79. The van der Waals surface area contributed by atoms with Crippen LogP contribution in [0.4, 0.5) is 0 Å². The van der Waals surface area contributed by atoms with E-state index < -0.39 is 0 Å². The number of nitrogens with one attached hydrogen (secondary N) is 1. The predicted octanol–water partition coefficient (Wildman–Crippen LogP) is 4.12. The predicted molar refractivity (Wildman–Crippen MR) is 104 cm³/mol. The third kappa shape index (κ3) is 3.47. The fraction of sp³-hybridized carbons (Fsp3) is 0.238. The molecule has 5 heteroatoms. The van der Waals surface area contributed by atoms with Crippen molar-refractivity contribution in [2.75, 3.05) is 13.2 Å². The molecule has 0 fully saturated rings. The van der Waals surface area contributed by atoms with Crippen molar-refractivity contribution >= 4 is 10.9 Å². The lowest BCUT2D eigenvalue weighted by Crippen LogP contribution is -2.10. The number of hydrogen-bond donors (Lipinski definition) is 1. The topological polar surface area (TPSA) is 64.2 Å². The molecule has 0 aliphatic heterocycles. The lowest BCUT2D eigenvalue weighted by Gasteiger charge is -2.16. The van der Waals surface area contributed by atoms with Gasteiger partial charge in [-0.05, 0) is 44.5 Å². The van der Waals surface area contributed by atoms with Crippen LogP contribution in [0, 0.1) is 0 Å². The fourth-order valence-corrected chi connectivity index (χ4v) is 2.90. The molecular formula is C21H22N2O3. The second-order valence-corrected chi connectivity index (χ2v) is 5.75. The zero-order valence-electron chi connectivity index (χ0n) is 15.0. The third-order valence-corrected chi connectivity index (χ3v) is 3.97. The van der Waals surface area contributed by atoms with Crippen LogP contribution in [-0.2, 0) is 6.42 Å². The van der Waals surface area contributed by atoms with Gasteiger partial charge in [0, 0.05) is 11.1 Å². The van der Waals surface area contributed by atoms with Crippen LogP contribution >= 0.6 is 0 Å². The number of H-pyrrole nitrogens is 1. The number of para-hydroxylation sites is 1. The van der Waals surface area contributed by atoms with Crippen LogP contribution in [0.15, 0.2) is 53.8 Å². The molecule has 26 heavy (non-hydrogen) atoms. The minimum absolute atomic E-state index is 0.164. The lowest BCUT2D eigenvalue weighted by molar-refractivity contribution is 0.286. The normalized spacial score (nSPS) is 10.7. The third-order valence-electron chi connectivity index (χ3n) is 3.97. The average molecular weight is 350 g/mol. The van der Waals surface area contributed by atoms with Crippen LogP contribution in [0.25, 0.3) is 22.3 Å². The Hall–Kier alpha value is -3.08. The second-order valence-electron chi connectivity index (χ2n) is 5.75. The Morgan fingerprint density at radius 2 is 1.92 bits per heavy atom. The van der Waals surface area contributed by atoms with Crippen LogP contribution in [-0.4, -0.2) is 23.2 Å². The van der Waals surface area contributed by atoms with Gasteiger partial charge in [0.25, 0.3) is 5.56 Å². The molecule has 0 bridgehead atoms. The van der Waals surface area contributed by atoms with E-state index in [1.807, 2.05) is 50.3 Å². The van der Waals surface area contributed by atoms with Gasteiger partial charge < -0.3 is 14.5 Å². The summed E-state index contributed by atoms with van der Waals surface area (Å²) in [6, 6.07) is 11.1. The summed E-state index contributed by atoms with van der Waals surface area (Å²) in [7, 11) is 0. The van der Waals surface area contributed by atoms with Crippen molar-refractivity contribution in [2.24, 2.45) is 0 Å². The van der Waals surface area contributed by atoms with Crippen LogP contribution < -0.4 is 15.0 Å². The molecule has 1 heterocycles. The molecule has 0 aliphatic carbocycles. The van der Waals surface area contributed by atoms with E-state index in [0.717, 1.165) is 11.1 Å². The fourth-order valence-electron chi connectivity index (χ4n) is 2.90. The van der Waals surface area contributed by atoms with Crippen molar-refractivity contribution in [2.45, 2.75) is 20.3 Å². The summed E-state index contributed by atoms with van der Waals surface area (Å²) in [4.78, 5) is 19.9. The smallest absolute Gasteiger partial charge is 0.259 e. The number of allylic oxidation sites excluding steroid dienone is 1. The maximum atomic E-state index is 12.4. The van der Waals surface area contributed by atoms with Crippen molar-refractivity contribution in [3.8, 4) is 22.9 Å². The van der Waals surface area contributed by atoms with Crippen molar-refractivity contribution < 1.29 is 9.47 Å². The van der Waals surface area contributed by atoms with Gasteiger partial charge in [-0.2, -0.15) is 0 Å². The zero-order chi connectivity index (χ0) is 18.5. The maximum Gasteiger partial charge on any atom is 0.259 e. The quantitative estimate of drug-likeness (QED) is 0.651. The summed E-state index contributed by atoms with van der Waals surface area (Å²) in [5, 5.41) is 0.568. The van der Waals surface area contributed by atoms with Crippen LogP contribution in [0.3, 0.4) is 0 Å². The van der Waals surface area contributed by atoms with Crippen LogP contribution in [0.2, 0.25) is 0 Å². The van der Waals surface area contributed by atoms with Crippen molar-refractivity contribution in [3.63, 3.8) is 0 Å². The average Bonchev–Trinajstić information content (AvgIpc) is 2.64. The van der Waals surface area contributed by atoms with E-state index in [4.69, 9.17) is 9.47 Å². The van der Waals surface area contributed by atoms with Gasteiger partial charge >= 0.3 is 0 Å². The number of aromatic nitrogens is 2. The number of benzene rings is 2. The molecule has 3 aromatic rings. The summed E-state index contributed by atoms with van der Waals surface area (Å²) >= 11 is 0. The molecule has 0 saturated heterocycles. The van der Waals surface area contributed by atoms with Crippen LogP contribution in [0.5, 0.6) is 11.5 Å². The Kier molecular flexibility index (Phi) is 5.37. The van der Waals surface area contributed by atoms with E-state index in [1.54, 1.807) is 6.07 Å². The van der Waals surface area contributed by atoms with Gasteiger partial charge in [0.1, 0.15) is 5.82 Å². The molecule has 0 saturated carbocycles. The molecule has 0 spiro atoms. The second kappa shape index (κ2) is 7.87. The molecular weight excluding hydrogens is 328 g/mol. The van der Waals surface area contributed by atoms with Gasteiger partial charge in [-0.25, -0.2) is 4.98 Å². The summed E-state index contributed by atoms with van der Waals surface area (Å²) in [6.07, 6.45) is 2.44. The Morgan fingerprint density at radius 1 is 1.15 bits per heavy atom. The van der Waals surface area contributed by atoms with E-state index in [2.05, 4.69) is 16.5 Å². The van der Waals surface area contributed by atoms with Crippen molar-refractivity contribution in [3.05, 3.63) is 65.0 Å². The molecule has 5 nitrogen and oxygen atoms in total. The van der Waals surface area contributed by atoms with E-state index in [-0.39, 0.29) is 5.56 Å². The van der Waals surface area contributed by atoms with Gasteiger partial charge in [0.2, 0.25) is 0 Å². The van der Waals surface area contributed by atoms with E-state index >= 15 is 0 Å². The first-order valence-corrected chi connectivity index (χ1v) is 8.70. The number of hydrogen-bond acceptors (Lipinski definition) is 4. The Balaban J connectivity index is 2.21. The van der Waals surface area contributed by atoms with E-state index in [9.17, 15) is 4.79 Å². The lowest BCUT2D eigenvalue weighted by atomic mass is 10.0. The first-order chi connectivity index (χ1) is 12.7. The Bertz CT molecular complexity index is 992. The minimum Gasteiger partial charge on any atom is -0.490 e. The Morgan fingerprint density at radius 3 is 2.65 bits per heavy atom. The number of rotatable bonds is 7. The summed E-state index contributed by atoms with van der Waals surface area (Å²) in [6.45, 7) is 8.73. The molecule has 3 rings (SSSR count). The van der Waals surface area contributed by atoms with Gasteiger partial charge in [-0.3, -0.25) is 4.79 Å². The molecule has 0 aliphatic rings. The molecule has 1 aromatic heterocycles. The SMILES string of the molecule is C=CCc1cc(-c2nc3ccccc3c(=O)[nH]2)cc(OCC)c1OCC. The highest BCUT2D eigenvalue weighted by atomic mass is 16.5. The molecule has 134 valence electrons. The number of fused-ring (bicyclic) bond motifs is 1. The zero-order valence-corrected chi connectivity index (χ0v) is 15.0. The highest BCUT2D eigenvalue weighted by Gasteiger charge is 2.15. The molecule has 0 amide bonds. The monoisotopic (exact) mass is 350 g/mol. The molecule has 0 atom stereocenters. The van der Waals surface area contributed by atoms with E-state index in [0.29, 0.717) is 47.9 Å². The van der Waals surface area contributed by atoms with E-state index in [1.165, 1.54) is 0 Å². The Labute approximate surface area is 152 Å². The first-order valence-electron chi connectivity index (χ1n) is 8.70. The highest BCUT2D eigenvalue weighted by Crippen LogP contribution is 2.36. The molecule has 0 radical (unpaired) electrons. The molecule has 0 unspecified atom stereocenters. The number of ether oxygens (including phenoxy) is 2. The summed E-state index contributed by atoms with van der Waals surface area (Å²) < 4.78 is 11.6. The maximum absolute atomic E-state index is 12.4. The molecule has 2 aromatic carbocycles. The van der Waals surface area contributed by atoms with Crippen LogP contribution in [0.1, 0.15) is 19.4 Å². The number of nitrogens with zero attached hydrogens (tertiary/aromatic N) is 1. The van der Waals surface area contributed by atoms with Gasteiger partial charge in [-0.1, -0.05) is 18.2 Å². The standard InChI is InChI=1S/C21H22N2O3/c1-4-9-14-12-15(13-18(25-5-2)19(14)26-6-3)20-22-17-11-8-7-10-16(17)21(24)23-20/h4,7-8,10-13H,1,5-6,9H2,2-3H3,(H,22,23,24). The summed E-state index contributed by atoms with van der Waals surface area (Å²) in [5.41, 5.74) is 2.21. The number of aromatic amines is 1. The van der Waals surface area contributed by atoms with Crippen molar-refractivity contribution in [1.29, 1.82) is 0 Å². The van der Waals surface area contributed by atoms with Gasteiger partial charge in [0.15, 0.2) is 11.5 Å². The minimum atomic E-state index is -0.164. The molecule has 1 N–H and O–H groups in total. The largest absolute Gasteiger partial charge is 0.490 e.